The van der Waals surface area contributed by atoms with E-state index in [0.717, 1.165) is 4.90 Å². The van der Waals surface area contributed by atoms with Crippen molar-refractivity contribution in [3.63, 3.8) is 0 Å². The summed E-state index contributed by atoms with van der Waals surface area (Å²) in [6.07, 6.45) is 1.38. The molecule has 2 aromatic carbocycles. The molecular weight excluding hydrogens is 582 g/mol. The van der Waals surface area contributed by atoms with Crippen LogP contribution in [-0.4, -0.2) is 54.3 Å². The Hall–Kier alpha value is -2.85. The molecule has 1 N–H and O–H groups in total. The molecular formula is C25H22Cl4N2O7. The molecule has 0 aliphatic carbocycles. The van der Waals surface area contributed by atoms with Gasteiger partial charge in [0.05, 0.1) is 43.4 Å². The van der Waals surface area contributed by atoms with Gasteiger partial charge >= 0.3 is 11.9 Å². The Morgan fingerprint density at radius 2 is 1.39 bits per heavy atom. The lowest BCUT2D eigenvalue weighted by Gasteiger charge is -2.13. The molecule has 3 amide bonds. The number of rotatable bonds is 11. The first-order chi connectivity index (χ1) is 18.1. The predicted octanol–water partition coefficient (Wildman–Crippen LogP) is 5.82. The van der Waals surface area contributed by atoms with E-state index in [9.17, 15) is 24.0 Å². The van der Waals surface area contributed by atoms with E-state index >= 15 is 0 Å². The lowest BCUT2D eigenvalue weighted by molar-refractivity contribution is -0.147. The number of benzene rings is 2. The molecule has 202 valence electrons. The molecule has 9 nitrogen and oxygen atoms in total. The summed E-state index contributed by atoms with van der Waals surface area (Å²) < 4.78 is 9.87. The Balaban J connectivity index is 1.37. The van der Waals surface area contributed by atoms with Crippen LogP contribution in [0.5, 0.6) is 0 Å². The summed E-state index contributed by atoms with van der Waals surface area (Å²) >= 11 is 24.2. The van der Waals surface area contributed by atoms with Gasteiger partial charge in [0.1, 0.15) is 0 Å². The van der Waals surface area contributed by atoms with Gasteiger partial charge in [0, 0.05) is 18.7 Å². The van der Waals surface area contributed by atoms with Crippen LogP contribution in [0.2, 0.25) is 20.1 Å². The number of amides is 3. The van der Waals surface area contributed by atoms with Crippen molar-refractivity contribution in [2.75, 3.05) is 25.1 Å². The van der Waals surface area contributed by atoms with Gasteiger partial charge in [-0.1, -0.05) is 52.8 Å². The van der Waals surface area contributed by atoms with Crippen molar-refractivity contribution in [3.05, 3.63) is 61.0 Å². The van der Waals surface area contributed by atoms with Gasteiger partial charge in [0.2, 0.25) is 0 Å². The zero-order valence-electron chi connectivity index (χ0n) is 20.1. The number of hydrogen-bond donors (Lipinski definition) is 1. The van der Waals surface area contributed by atoms with Crippen LogP contribution < -0.4 is 5.32 Å². The van der Waals surface area contributed by atoms with E-state index in [1.54, 1.807) is 6.92 Å². The number of unbranched alkanes of at least 4 members (excludes halogenated alkanes) is 2. The van der Waals surface area contributed by atoms with Crippen LogP contribution in [0.3, 0.4) is 0 Å². The zero-order valence-corrected chi connectivity index (χ0v) is 23.1. The summed E-state index contributed by atoms with van der Waals surface area (Å²) in [6.45, 7) is 1.57. The average molecular weight is 604 g/mol. The highest BCUT2D eigenvalue weighted by atomic mass is 35.5. The second kappa shape index (κ2) is 13.3. The Kier molecular flexibility index (Phi) is 10.4. The largest absolute Gasteiger partial charge is 0.462 e. The molecule has 0 fully saturated rings. The Labute approximate surface area is 238 Å². The standard InChI is InChI=1S/C25H22Cl4N2O7/c1-2-37-25(36)13-7-9-14(10-8-13)30-15(32)12-38-16(33)6-4-3-5-11-31-23(34)17-18(24(31)35)20(27)22(29)21(28)19(17)26/h7-10H,2-6,11-12H2,1H3,(H,30,32). The smallest absolute Gasteiger partial charge is 0.338 e. The van der Waals surface area contributed by atoms with E-state index < -0.39 is 36.3 Å². The van der Waals surface area contributed by atoms with Crippen LogP contribution >= 0.6 is 46.4 Å². The fourth-order valence-electron chi connectivity index (χ4n) is 3.63. The third-order valence-electron chi connectivity index (χ3n) is 5.49. The van der Waals surface area contributed by atoms with Crippen LogP contribution in [-0.2, 0) is 19.1 Å². The van der Waals surface area contributed by atoms with E-state index in [1.807, 2.05) is 0 Å². The lowest BCUT2D eigenvalue weighted by Crippen LogP contribution is -2.30. The van der Waals surface area contributed by atoms with Crippen molar-refractivity contribution >= 4 is 81.8 Å². The number of hydrogen-bond acceptors (Lipinski definition) is 7. The first kappa shape index (κ1) is 29.7. The second-order valence-electron chi connectivity index (χ2n) is 8.09. The number of imide groups is 1. The number of carbonyl (C=O) groups excluding carboxylic acids is 5. The first-order valence-corrected chi connectivity index (χ1v) is 13.0. The number of nitrogens with one attached hydrogen (secondary N) is 1. The third kappa shape index (κ3) is 6.77. The van der Waals surface area contributed by atoms with Gasteiger partial charge < -0.3 is 14.8 Å². The maximum absolute atomic E-state index is 12.7. The zero-order chi connectivity index (χ0) is 28.0. The summed E-state index contributed by atoms with van der Waals surface area (Å²) in [4.78, 5) is 62.0. The first-order valence-electron chi connectivity index (χ1n) is 11.5. The molecule has 1 aliphatic heterocycles. The topological polar surface area (TPSA) is 119 Å². The molecule has 0 unspecified atom stereocenters. The van der Waals surface area contributed by atoms with Gasteiger partial charge in [-0.2, -0.15) is 0 Å². The molecule has 0 radical (unpaired) electrons. The highest BCUT2D eigenvalue weighted by Gasteiger charge is 2.41. The Morgan fingerprint density at radius 3 is 1.95 bits per heavy atom. The van der Waals surface area contributed by atoms with E-state index in [4.69, 9.17) is 55.9 Å². The minimum absolute atomic E-state index is 0.0481. The second-order valence-corrected chi connectivity index (χ2v) is 9.60. The average Bonchev–Trinajstić information content (AvgIpc) is 3.14. The molecule has 0 spiro atoms. The molecule has 0 saturated carbocycles. The highest BCUT2D eigenvalue weighted by Crippen LogP contribution is 2.44. The van der Waals surface area contributed by atoms with Crippen molar-refractivity contribution in [1.29, 1.82) is 0 Å². The van der Waals surface area contributed by atoms with Gasteiger partial charge in [0.25, 0.3) is 17.7 Å². The summed E-state index contributed by atoms with van der Waals surface area (Å²) in [7, 11) is 0. The third-order valence-corrected chi connectivity index (χ3v) is 7.29. The van der Waals surface area contributed by atoms with Gasteiger partial charge in [0.15, 0.2) is 6.61 Å². The fraction of sp³-hybridized carbons (Fsp3) is 0.320. The van der Waals surface area contributed by atoms with Crippen LogP contribution in [0, 0.1) is 0 Å². The maximum Gasteiger partial charge on any atom is 0.338 e. The van der Waals surface area contributed by atoms with Crippen LogP contribution in [0.25, 0.3) is 0 Å². The molecule has 3 rings (SSSR count). The number of nitrogens with zero attached hydrogens (tertiary/aromatic N) is 1. The quantitative estimate of drug-likeness (QED) is 0.113. The maximum atomic E-state index is 12.7. The lowest BCUT2D eigenvalue weighted by atomic mass is 10.1. The minimum Gasteiger partial charge on any atom is -0.462 e. The molecule has 2 aromatic rings. The normalized spacial score (nSPS) is 12.4. The van der Waals surface area contributed by atoms with E-state index in [2.05, 4.69) is 5.32 Å². The molecule has 13 heteroatoms. The van der Waals surface area contributed by atoms with Crippen LogP contribution in [0.15, 0.2) is 24.3 Å². The molecule has 0 saturated heterocycles. The van der Waals surface area contributed by atoms with Crippen molar-refractivity contribution in [1.82, 2.24) is 4.90 Å². The van der Waals surface area contributed by atoms with Gasteiger partial charge in [-0.25, -0.2) is 4.79 Å². The van der Waals surface area contributed by atoms with Gasteiger partial charge in [-0.05, 0) is 44.0 Å². The van der Waals surface area contributed by atoms with Crippen molar-refractivity contribution < 1.29 is 33.4 Å². The Morgan fingerprint density at radius 1 is 0.816 bits per heavy atom. The summed E-state index contributed by atoms with van der Waals surface area (Å²) in [6, 6.07) is 6.08. The number of esters is 2. The molecule has 0 atom stereocenters. The summed E-state index contributed by atoms with van der Waals surface area (Å²) in [5, 5.41) is 2.11. The number of halogens is 4. The molecule has 1 heterocycles. The Bertz CT molecular complexity index is 1230. The van der Waals surface area contributed by atoms with Crippen LogP contribution in [0.4, 0.5) is 5.69 Å². The van der Waals surface area contributed by atoms with Crippen molar-refractivity contribution in [2.45, 2.75) is 32.6 Å². The van der Waals surface area contributed by atoms with E-state index in [1.165, 1.54) is 24.3 Å². The summed E-state index contributed by atoms with van der Waals surface area (Å²) in [5.41, 5.74) is 0.626. The van der Waals surface area contributed by atoms with Crippen molar-refractivity contribution in [2.24, 2.45) is 0 Å². The number of anilines is 1. The highest BCUT2D eigenvalue weighted by molar-refractivity contribution is 6.55. The molecule has 0 bridgehead atoms. The van der Waals surface area contributed by atoms with Gasteiger partial charge in [-0.3, -0.25) is 24.1 Å². The minimum atomic E-state index is -0.614. The van der Waals surface area contributed by atoms with E-state index in [0.29, 0.717) is 30.5 Å². The van der Waals surface area contributed by atoms with Crippen LogP contribution in [0.1, 0.15) is 63.7 Å². The number of ether oxygens (including phenoxy) is 2. The molecule has 38 heavy (non-hydrogen) atoms. The summed E-state index contributed by atoms with van der Waals surface area (Å²) in [5.74, 6) is -2.80. The van der Waals surface area contributed by atoms with E-state index in [-0.39, 0.29) is 50.8 Å². The number of carbonyl (C=O) groups is 5. The molecule has 1 aliphatic rings. The SMILES string of the molecule is CCOC(=O)c1ccc(NC(=O)COC(=O)CCCCCN2C(=O)c3c(Cl)c(Cl)c(Cl)c(Cl)c3C2=O)cc1. The monoisotopic (exact) mass is 602 g/mol. The van der Waals surface area contributed by atoms with Crippen molar-refractivity contribution in [3.8, 4) is 0 Å². The molecule has 0 aromatic heterocycles. The fourth-order valence-corrected chi connectivity index (χ4v) is 4.65. The predicted molar refractivity (Wildman–Crippen MR) is 142 cm³/mol. The van der Waals surface area contributed by atoms with Gasteiger partial charge in [-0.15, -0.1) is 0 Å². The number of fused-ring (bicyclic) bond motifs is 1.